The molecule has 0 radical (unpaired) electrons. The molecule has 18 heavy (non-hydrogen) atoms. The van der Waals surface area contributed by atoms with E-state index in [9.17, 15) is 4.39 Å². The summed E-state index contributed by atoms with van der Waals surface area (Å²) < 4.78 is 14.9. The molecule has 1 aromatic heterocycles. The fraction of sp³-hybridized carbons (Fsp3) is 0.0714. The van der Waals surface area contributed by atoms with Crippen LogP contribution >= 0.6 is 12.6 Å². The number of halogens is 1. The molecule has 0 aliphatic heterocycles. The van der Waals surface area contributed by atoms with Gasteiger partial charge in [0, 0.05) is 17.5 Å². The number of thiol groups is 1. The molecule has 3 rings (SSSR count). The minimum Gasteiger partial charge on any atom is -0.327 e. The van der Waals surface area contributed by atoms with Crippen LogP contribution in [0.15, 0.2) is 47.4 Å². The number of aromatic nitrogens is 2. The molecule has 0 unspecified atom stereocenters. The predicted molar refractivity (Wildman–Crippen MR) is 73.4 cm³/mol. The highest BCUT2D eigenvalue weighted by atomic mass is 32.1. The summed E-state index contributed by atoms with van der Waals surface area (Å²) in [5.41, 5.74) is 2.83. The molecule has 1 heterocycles. The van der Waals surface area contributed by atoms with Crippen LogP contribution in [-0.4, -0.2) is 9.55 Å². The number of rotatable bonds is 1. The van der Waals surface area contributed by atoms with Gasteiger partial charge in [0.15, 0.2) is 0 Å². The van der Waals surface area contributed by atoms with Gasteiger partial charge in [-0.3, -0.25) is 0 Å². The van der Waals surface area contributed by atoms with Crippen LogP contribution in [0.1, 0.15) is 0 Å². The Hall–Kier alpha value is -1.81. The molecule has 0 aliphatic carbocycles. The Morgan fingerprint density at radius 2 is 1.83 bits per heavy atom. The third-order valence-electron chi connectivity index (χ3n) is 2.97. The molecule has 0 atom stereocenters. The molecule has 4 heteroatoms. The summed E-state index contributed by atoms with van der Waals surface area (Å²) in [6.07, 6.45) is 0. The highest BCUT2D eigenvalue weighted by Crippen LogP contribution is 2.25. The largest absolute Gasteiger partial charge is 0.327 e. The second kappa shape index (κ2) is 4.14. The van der Waals surface area contributed by atoms with Crippen molar-refractivity contribution in [1.29, 1.82) is 0 Å². The maximum Gasteiger partial charge on any atom is 0.140 e. The Kier molecular flexibility index (Phi) is 2.59. The minimum atomic E-state index is -0.241. The standard InChI is InChI=1S/C14H11FN2S/c1-17-13-8-11(18)6-7-12(13)16-14(17)9-2-4-10(15)5-3-9/h2-8,18H,1H3. The van der Waals surface area contributed by atoms with Crippen molar-refractivity contribution in [2.24, 2.45) is 7.05 Å². The van der Waals surface area contributed by atoms with Crippen LogP contribution in [0.4, 0.5) is 4.39 Å². The third-order valence-corrected chi connectivity index (χ3v) is 3.25. The van der Waals surface area contributed by atoms with Gasteiger partial charge in [-0.1, -0.05) is 0 Å². The lowest BCUT2D eigenvalue weighted by Gasteiger charge is -2.02. The summed E-state index contributed by atoms with van der Waals surface area (Å²) >= 11 is 4.33. The molecule has 2 nitrogen and oxygen atoms in total. The average molecular weight is 258 g/mol. The van der Waals surface area contributed by atoms with E-state index in [0.29, 0.717) is 0 Å². The Bertz CT molecular complexity index is 716. The van der Waals surface area contributed by atoms with Gasteiger partial charge in [-0.2, -0.15) is 0 Å². The normalized spacial score (nSPS) is 11.1. The molecule has 0 saturated heterocycles. The number of nitrogens with zero attached hydrogens (tertiary/aromatic N) is 2. The number of hydrogen-bond acceptors (Lipinski definition) is 2. The van der Waals surface area contributed by atoms with Crippen LogP contribution in [0.5, 0.6) is 0 Å². The van der Waals surface area contributed by atoms with Crippen LogP contribution in [0, 0.1) is 5.82 Å². The van der Waals surface area contributed by atoms with E-state index in [1.165, 1.54) is 12.1 Å². The van der Waals surface area contributed by atoms with Crippen molar-refractivity contribution in [1.82, 2.24) is 9.55 Å². The van der Waals surface area contributed by atoms with E-state index in [0.717, 1.165) is 27.3 Å². The van der Waals surface area contributed by atoms with Crippen molar-refractivity contribution < 1.29 is 4.39 Å². The summed E-state index contributed by atoms with van der Waals surface area (Å²) in [5, 5.41) is 0. The first-order valence-electron chi connectivity index (χ1n) is 5.56. The van der Waals surface area contributed by atoms with E-state index >= 15 is 0 Å². The van der Waals surface area contributed by atoms with Crippen LogP contribution < -0.4 is 0 Å². The van der Waals surface area contributed by atoms with Gasteiger partial charge in [0.05, 0.1) is 11.0 Å². The summed E-state index contributed by atoms with van der Waals surface area (Å²) in [6.45, 7) is 0. The Labute approximate surface area is 109 Å². The first-order valence-corrected chi connectivity index (χ1v) is 6.01. The maximum absolute atomic E-state index is 12.9. The Morgan fingerprint density at radius 1 is 1.11 bits per heavy atom. The van der Waals surface area contributed by atoms with Crippen molar-refractivity contribution in [3.8, 4) is 11.4 Å². The maximum atomic E-state index is 12.9. The first-order chi connectivity index (χ1) is 8.65. The van der Waals surface area contributed by atoms with Gasteiger partial charge >= 0.3 is 0 Å². The van der Waals surface area contributed by atoms with Crippen molar-refractivity contribution in [2.45, 2.75) is 4.90 Å². The first kappa shape index (κ1) is 11.3. The van der Waals surface area contributed by atoms with E-state index in [1.807, 2.05) is 29.8 Å². The highest BCUT2D eigenvalue weighted by molar-refractivity contribution is 7.80. The van der Waals surface area contributed by atoms with Crippen LogP contribution in [0.25, 0.3) is 22.4 Å². The minimum absolute atomic E-state index is 0.241. The number of imidazole rings is 1. The van der Waals surface area contributed by atoms with Crippen LogP contribution in [-0.2, 0) is 7.05 Å². The van der Waals surface area contributed by atoms with Crippen molar-refractivity contribution >= 4 is 23.7 Å². The fourth-order valence-corrected chi connectivity index (χ4v) is 2.23. The summed E-state index contributed by atoms with van der Waals surface area (Å²) in [4.78, 5) is 5.46. The van der Waals surface area contributed by atoms with E-state index in [2.05, 4.69) is 17.6 Å². The number of aryl methyl sites for hydroxylation is 1. The fourth-order valence-electron chi connectivity index (χ4n) is 2.04. The predicted octanol–water partition coefficient (Wildman–Crippen LogP) is 3.67. The van der Waals surface area contributed by atoms with Crippen LogP contribution in [0.2, 0.25) is 0 Å². The van der Waals surface area contributed by atoms with E-state index in [4.69, 9.17) is 0 Å². The molecule has 2 aromatic carbocycles. The monoisotopic (exact) mass is 258 g/mol. The molecule has 0 spiro atoms. The molecule has 0 aliphatic rings. The molecule has 90 valence electrons. The van der Waals surface area contributed by atoms with Gasteiger partial charge in [0.25, 0.3) is 0 Å². The SMILES string of the molecule is Cn1c(-c2ccc(F)cc2)nc2ccc(S)cc21. The summed E-state index contributed by atoms with van der Waals surface area (Å²) in [7, 11) is 1.95. The lowest BCUT2D eigenvalue weighted by atomic mass is 10.2. The third kappa shape index (κ3) is 1.78. The highest BCUT2D eigenvalue weighted by Gasteiger charge is 2.09. The quantitative estimate of drug-likeness (QED) is 0.659. The van der Waals surface area contributed by atoms with Gasteiger partial charge in [-0.15, -0.1) is 12.6 Å². The van der Waals surface area contributed by atoms with E-state index in [-0.39, 0.29) is 5.82 Å². The second-order valence-corrected chi connectivity index (χ2v) is 4.69. The Balaban J connectivity index is 2.23. The van der Waals surface area contributed by atoms with E-state index < -0.39 is 0 Å². The van der Waals surface area contributed by atoms with Crippen molar-refractivity contribution in [2.75, 3.05) is 0 Å². The molecule has 0 N–H and O–H groups in total. The zero-order valence-corrected chi connectivity index (χ0v) is 10.7. The summed E-state index contributed by atoms with van der Waals surface area (Å²) in [6, 6.07) is 12.2. The zero-order valence-electron chi connectivity index (χ0n) is 9.76. The van der Waals surface area contributed by atoms with Gasteiger partial charge in [0.2, 0.25) is 0 Å². The van der Waals surface area contributed by atoms with Gasteiger partial charge in [-0.25, -0.2) is 9.37 Å². The molecular formula is C14H11FN2S. The van der Waals surface area contributed by atoms with Crippen LogP contribution in [0.3, 0.4) is 0 Å². The lowest BCUT2D eigenvalue weighted by Crippen LogP contribution is -1.92. The van der Waals surface area contributed by atoms with E-state index in [1.54, 1.807) is 12.1 Å². The average Bonchev–Trinajstić information content (AvgIpc) is 2.68. The van der Waals surface area contributed by atoms with Gasteiger partial charge < -0.3 is 4.57 Å². The smallest absolute Gasteiger partial charge is 0.140 e. The molecule has 3 aromatic rings. The molecular weight excluding hydrogens is 247 g/mol. The number of hydrogen-bond donors (Lipinski definition) is 1. The van der Waals surface area contributed by atoms with Gasteiger partial charge in [0.1, 0.15) is 11.6 Å². The lowest BCUT2D eigenvalue weighted by molar-refractivity contribution is 0.628. The summed E-state index contributed by atoms with van der Waals surface area (Å²) in [5.74, 6) is 0.582. The Morgan fingerprint density at radius 3 is 2.56 bits per heavy atom. The van der Waals surface area contributed by atoms with Crippen molar-refractivity contribution in [3.05, 3.63) is 48.3 Å². The topological polar surface area (TPSA) is 17.8 Å². The number of benzene rings is 2. The zero-order chi connectivity index (χ0) is 12.7. The molecule has 0 saturated carbocycles. The molecule has 0 bridgehead atoms. The molecule has 0 fully saturated rings. The molecule has 0 amide bonds. The van der Waals surface area contributed by atoms with Gasteiger partial charge in [-0.05, 0) is 42.5 Å². The number of fused-ring (bicyclic) bond motifs is 1. The van der Waals surface area contributed by atoms with Crippen molar-refractivity contribution in [3.63, 3.8) is 0 Å². The second-order valence-electron chi connectivity index (χ2n) is 4.17.